The summed E-state index contributed by atoms with van der Waals surface area (Å²) in [7, 11) is 0. The third kappa shape index (κ3) is 3.80. The van der Waals surface area contributed by atoms with Gasteiger partial charge in [-0.05, 0) is 61.4 Å². The minimum Gasteiger partial charge on any atom is -0.457 e. The number of nitrogens with zero attached hydrogens (tertiary/aromatic N) is 2. The number of hydrogen-bond donors (Lipinski definition) is 1. The normalized spacial score (nSPS) is 14.9. The first-order valence-electron chi connectivity index (χ1n) is 9.23. The van der Waals surface area contributed by atoms with E-state index < -0.39 is 16.7 Å². The van der Waals surface area contributed by atoms with Crippen molar-refractivity contribution in [2.45, 2.75) is 13.8 Å². The van der Waals surface area contributed by atoms with Crippen LogP contribution >= 0.6 is 11.6 Å². The number of carbonyl (C=O) groups is 2. The molecule has 9 heteroatoms. The number of nitro groups is 1. The number of carbonyl (C=O) groups excluding carboxylic acids is 2. The van der Waals surface area contributed by atoms with Gasteiger partial charge < -0.3 is 4.42 Å². The van der Waals surface area contributed by atoms with E-state index in [2.05, 4.69) is 5.43 Å². The fourth-order valence-electron chi connectivity index (χ4n) is 3.14. The largest absolute Gasteiger partial charge is 0.457 e. The number of nitro benzene ring substituents is 1. The minimum atomic E-state index is -0.547. The lowest BCUT2D eigenvalue weighted by Gasteiger charge is -2.15. The van der Waals surface area contributed by atoms with E-state index in [1.54, 1.807) is 18.2 Å². The maximum absolute atomic E-state index is 12.8. The number of benzene rings is 2. The second-order valence-corrected chi connectivity index (χ2v) is 7.44. The summed E-state index contributed by atoms with van der Waals surface area (Å²) in [6, 6.07) is 12.7. The zero-order valence-electron chi connectivity index (χ0n) is 16.5. The summed E-state index contributed by atoms with van der Waals surface area (Å²) in [5.74, 6) is -0.428. The van der Waals surface area contributed by atoms with Gasteiger partial charge in [-0.3, -0.25) is 25.1 Å². The van der Waals surface area contributed by atoms with Crippen LogP contribution in [0.1, 0.15) is 16.9 Å². The molecule has 0 unspecified atom stereocenters. The standard InChI is InChI=1S/C22H16ClN3O5/c1-12-3-4-14(9-13(12)2)25-22(28)18(21(27)24-25)11-16-6-8-20(31-16)17-7-5-15(26(29)30)10-19(17)23/h3-11H,1-2H3,(H,24,27)/b18-11+. The van der Waals surface area contributed by atoms with Crippen molar-refractivity contribution in [3.8, 4) is 11.3 Å². The van der Waals surface area contributed by atoms with E-state index in [4.69, 9.17) is 16.0 Å². The van der Waals surface area contributed by atoms with Crippen molar-refractivity contribution < 1.29 is 18.9 Å². The molecule has 0 atom stereocenters. The molecule has 2 heterocycles. The summed E-state index contributed by atoms with van der Waals surface area (Å²) in [5, 5.41) is 12.2. The molecule has 31 heavy (non-hydrogen) atoms. The number of non-ortho nitro benzene ring substituents is 1. The quantitative estimate of drug-likeness (QED) is 0.278. The third-order valence-electron chi connectivity index (χ3n) is 4.98. The summed E-state index contributed by atoms with van der Waals surface area (Å²) in [5.41, 5.74) is 5.42. The van der Waals surface area contributed by atoms with Gasteiger partial charge in [0.05, 0.1) is 15.6 Å². The number of halogens is 1. The second-order valence-electron chi connectivity index (χ2n) is 7.03. The Morgan fingerprint density at radius 3 is 2.52 bits per heavy atom. The molecule has 3 aromatic rings. The van der Waals surface area contributed by atoms with Crippen molar-refractivity contribution in [1.29, 1.82) is 0 Å². The van der Waals surface area contributed by atoms with E-state index in [1.165, 1.54) is 29.3 Å². The van der Waals surface area contributed by atoms with Gasteiger partial charge in [0, 0.05) is 17.7 Å². The molecule has 1 N–H and O–H groups in total. The van der Waals surface area contributed by atoms with Crippen LogP contribution in [0.3, 0.4) is 0 Å². The zero-order chi connectivity index (χ0) is 22.3. The first-order chi connectivity index (χ1) is 14.7. The van der Waals surface area contributed by atoms with Crippen molar-refractivity contribution in [2.75, 3.05) is 5.01 Å². The third-order valence-corrected chi connectivity index (χ3v) is 5.30. The van der Waals surface area contributed by atoms with Crippen LogP contribution in [0.4, 0.5) is 11.4 Å². The number of amides is 2. The SMILES string of the molecule is Cc1ccc(N2NC(=O)/C(=C\c3ccc(-c4ccc([N+](=O)[O-])cc4Cl)o3)C2=O)cc1C. The molecule has 1 aromatic heterocycles. The van der Waals surface area contributed by atoms with Gasteiger partial charge in [-0.15, -0.1) is 0 Å². The fourth-order valence-corrected chi connectivity index (χ4v) is 3.41. The molecule has 0 aliphatic carbocycles. The van der Waals surface area contributed by atoms with Crippen LogP contribution in [-0.4, -0.2) is 16.7 Å². The predicted molar refractivity (Wildman–Crippen MR) is 115 cm³/mol. The van der Waals surface area contributed by atoms with Gasteiger partial charge in [0.25, 0.3) is 17.5 Å². The smallest absolute Gasteiger partial charge is 0.282 e. The number of hydrogen-bond acceptors (Lipinski definition) is 5. The van der Waals surface area contributed by atoms with Crippen LogP contribution in [0.25, 0.3) is 17.4 Å². The van der Waals surface area contributed by atoms with Crippen LogP contribution in [-0.2, 0) is 9.59 Å². The van der Waals surface area contributed by atoms with E-state index in [9.17, 15) is 19.7 Å². The number of rotatable bonds is 4. The Bertz CT molecular complexity index is 1280. The van der Waals surface area contributed by atoms with Crippen LogP contribution in [0.2, 0.25) is 5.02 Å². The van der Waals surface area contributed by atoms with Gasteiger partial charge in [-0.1, -0.05) is 17.7 Å². The Morgan fingerprint density at radius 2 is 1.84 bits per heavy atom. The first kappa shape index (κ1) is 20.4. The van der Waals surface area contributed by atoms with Crippen molar-refractivity contribution >= 4 is 40.9 Å². The maximum Gasteiger partial charge on any atom is 0.282 e. The van der Waals surface area contributed by atoms with E-state index in [0.717, 1.165) is 11.1 Å². The molecule has 156 valence electrons. The lowest BCUT2D eigenvalue weighted by atomic mass is 10.1. The molecular formula is C22H16ClN3O5. The van der Waals surface area contributed by atoms with Crippen LogP contribution < -0.4 is 10.4 Å². The fraction of sp³-hybridized carbons (Fsp3) is 0.0909. The number of furan rings is 1. The molecule has 0 radical (unpaired) electrons. The highest BCUT2D eigenvalue weighted by atomic mass is 35.5. The van der Waals surface area contributed by atoms with E-state index in [-0.39, 0.29) is 22.0 Å². The van der Waals surface area contributed by atoms with Gasteiger partial charge in [0.1, 0.15) is 17.1 Å². The minimum absolute atomic E-state index is 0.0751. The van der Waals surface area contributed by atoms with E-state index in [0.29, 0.717) is 17.0 Å². The average Bonchev–Trinajstić information content (AvgIpc) is 3.30. The lowest BCUT2D eigenvalue weighted by molar-refractivity contribution is -0.384. The highest BCUT2D eigenvalue weighted by Crippen LogP contribution is 2.33. The lowest BCUT2D eigenvalue weighted by Crippen LogP contribution is -2.35. The molecule has 1 fully saturated rings. The molecule has 2 aromatic carbocycles. The van der Waals surface area contributed by atoms with Crippen molar-refractivity contribution in [3.05, 3.63) is 86.1 Å². The van der Waals surface area contributed by atoms with E-state index >= 15 is 0 Å². The van der Waals surface area contributed by atoms with Crippen molar-refractivity contribution in [3.63, 3.8) is 0 Å². The van der Waals surface area contributed by atoms with Gasteiger partial charge in [0.2, 0.25) is 0 Å². The predicted octanol–water partition coefficient (Wildman–Crippen LogP) is 4.59. The summed E-state index contributed by atoms with van der Waals surface area (Å²) in [6.45, 7) is 3.88. The molecule has 0 spiro atoms. The van der Waals surface area contributed by atoms with Gasteiger partial charge in [-0.2, -0.15) is 0 Å². The highest BCUT2D eigenvalue weighted by molar-refractivity contribution is 6.33. The summed E-state index contributed by atoms with van der Waals surface area (Å²) >= 11 is 6.14. The topological polar surface area (TPSA) is 106 Å². The van der Waals surface area contributed by atoms with Gasteiger partial charge >= 0.3 is 0 Å². The van der Waals surface area contributed by atoms with Crippen LogP contribution in [0.15, 0.2) is 58.5 Å². The molecule has 0 bridgehead atoms. The van der Waals surface area contributed by atoms with Crippen molar-refractivity contribution in [1.82, 2.24) is 5.43 Å². The number of hydrazine groups is 1. The maximum atomic E-state index is 12.8. The summed E-state index contributed by atoms with van der Waals surface area (Å²) < 4.78 is 5.70. The molecule has 1 aliphatic heterocycles. The number of aryl methyl sites for hydroxylation is 2. The van der Waals surface area contributed by atoms with Crippen LogP contribution in [0, 0.1) is 24.0 Å². The molecule has 4 rings (SSSR count). The monoisotopic (exact) mass is 437 g/mol. The molecule has 2 amide bonds. The summed E-state index contributed by atoms with van der Waals surface area (Å²) in [6.07, 6.45) is 1.35. The van der Waals surface area contributed by atoms with Gasteiger partial charge in [-0.25, -0.2) is 5.01 Å². The molecule has 1 saturated heterocycles. The number of anilines is 1. The first-order valence-corrected chi connectivity index (χ1v) is 9.61. The Balaban J connectivity index is 1.62. The van der Waals surface area contributed by atoms with E-state index in [1.807, 2.05) is 26.0 Å². The molecule has 0 saturated carbocycles. The van der Waals surface area contributed by atoms with Gasteiger partial charge in [0.15, 0.2) is 0 Å². The summed E-state index contributed by atoms with van der Waals surface area (Å²) in [4.78, 5) is 35.5. The highest BCUT2D eigenvalue weighted by Gasteiger charge is 2.35. The molecule has 1 aliphatic rings. The Labute approximate surface area is 181 Å². The molecular weight excluding hydrogens is 422 g/mol. The average molecular weight is 438 g/mol. The number of nitrogens with one attached hydrogen (secondary N) is 1. The Morgan fingerprint density at radius 1 is 1.06 bits per heavy atom. The Hall–Kier alpha value is -3.91. The second kappa shape index (κ2) is 7.73. The molecule has 8 nitrogen and oxygen atoms in total. The van der Waals surface area contributed by atoms with Crippen molar-refractivity contribution in [2.24, 2.45) is 0 Å². The zero-order valence-corrected chi connectivity index (χ0v) is 17.3. The Kier molecular flexibility index (Phi) is 5.08. The van der Waals surface area contributed by atoms with Crippen LogP contribution in [0.5, 0.6) is 0 Å².